The van der Waals surface area contributed by atoms with Crippen molar-refractivity contribution in [2.24, 2.45) is 5.92 Å². The zero-order valence-electron chi connectivity index (χ0n) is 8.83. The van der Waals surface area contributed by atoms with Gasteiger partial charge in [-0.25, -0.2) is 4.79 Å². The van der Waals surface area contributed by atoms with Gasteiger partial charge >= 0.3 is 5.97 Å². The number of alkyl halides is 1. The lowest BCUT2D eigenvalue weighted by atomic mass is 9.86. The molecule has 4 heteroatoms. The maximum Gasteiger partial charge on any atom is 0.354 e. The first kappa shape index (κ1) is 11.0. The van der Waals surface area contributed by atoms with E-state index in [1.165, 1.54) is 6.42 Å². The van der Waals surface area contributed by atoms with Crippen LogP contribution in [0.2, 0.25) is 0 Å². The summed E-state index contributed by atoms with van der Waals surface area (Å²) in [5.41, 5.74) is 0.661. The highest BCUT2D eigenvalue weighted by Crippen LogP contribution is 2.34. The van der Waals surface area contributed by atoms with Crippen molar-refractivity contribution in [1.82, 2.24) is 5.32 Å². The average molecular weight is 274 g/mol. The van der Waals surface area contributed by atoms with Crippen molar-refractivity contribution in [3.63, 3.8) is 0 Å². The lowest BCUT2D eigenvalue weighted by Gasteiger charge is -2.28. The van der Waals surface area contributed by atoms with Crippen LogP contribution in [0, 0.1) is 5.92 Å². The monoisotopic (exact) mass is 273 g/mol. The van der Waals surface area contributed by atoms with Crippen LogP contribution in [0.25, 0.3) is 0 Å². The average Bonchev–Trinajstić information content (AvgIpc) is 2.60. The molecule has 0 bridgehead atoms. The molecule has 84 valence electrons. The maximum atomic E-state index is 11.5. The van der Waals surface area contributed by atoms with Gasteiger partial charge in [-0.3, -0.25) is 0 Å². The molecule has 15 heavy (non-hydrogen) atoms. The molecule has 2 rings (SSSR count). The van der Waals surface area contributed by atoms with E-state index in [-0.39, 0.29) is 5.97 Å². The highest BCUT2D eigenvalue weighted by molar-refractivity contribution is 9.09. The predicted octanol–water partition coefficient (Wildman–Crippen LogP) is 1.97. The topological polar surface area (TPSA) is 38.3 Å². The fourth-order valence-electron chi connectivity index (χ4n) is 2.31. The summed E-state index contributed by atoms with van der Waals surface area (Å²) in [6.45, 7) is 2.27. The fraction of sp³-hybridized carbons (Fsp3) is 0.727. The SMILES string of the molecule is CCOC(=O)C1=CC2CC(Br)CCC2N1. The third kappa shape index (κ3) is 2.36. The second kappa shape index (κ2) is 4.56. The normalized spacial score (nSPS) is 34.0. The first-order chi connectivity index (χ1) is 7.20. The van der Waals surface area contributed by atoms with Gasteiger partial charge in [0.25, 0.3) is 0 Å². The molecular weight excluding hydrogens is 258 g/mol. The first-order valence-corrected chi connectivity index (χ1v) is 6.41. The summed E-state index contributed by atoms with van der Waals surface area (Å²) in [5, 5.41) is 3.26. The Morgan fingerprint density at radius 1 is 1.67 bits per heavy atom. The van der Waals surface area contributed by atoms with E-state index in [9.17, 15) is 4.79 Å². The minimum absolute atomic E-state index is 0.210. The molecule has 1 fully saturated rings. The van der Waals surface area contributed by atoms with Gasteiger partial charge in [0, 0.05) is 16.8 Å². The number of fused-ring (bicyclic) bond motifs is 1. The third-order valence-corrected chi connectivity index (χ3v) is 3.88. The van der Waals surface area contributed by atoms with Crippen molar-refractivity contribution in [3.8, 4) is 0 Å². The molecule has 0 saturated heterocycles. The molecule has 0 spiro atoms. The van der Waals surface area contributed by atoms with E-state index in [1.807, 2.05) is 13.0 Å². The highest BCUT2D eigenvalue weighted by Gasteiger charge is 2.34. The molecule has 3 unspecified atom stereocenters. The number of hydrogen-bond acceptors (Lipinski definition) is 3. The molecule has 1 aliphatic heterocycles. The van der Waals surface area contributed by atoms with Crippen LogP contribution >= 0.6 is 15.9 Å². The van der Waals surface area contributed by atoms with Crippen LogP contribution in [0.5, 0.6) is 0 Å². The second-order valence-corrected chi connectivity index (χ2v) is 5.42. The number of rotatable bonds is 2. The van der Waals surface area contributed by atoms with Crippen LogP contribution in [0.1, 0.15) is 26.2 Å². The van der Waals surface area contributed by atoms with Gasteiger partial charge in [0.2, 0.25) is 0 Å². The Bertz CT molecular complexity index is 290. The van der Waals surface area contributed by atoms with Crippen LogP contribution in [0.15, 0.2) is 11.8 Å². The molecule has 1 heterocycles. The summed E-state index contributed by atoms with van der Waals surface area (Å²) < 4.78 is 4.98. The van der Waals surface area contributed by atoms with Crippen molar-refractivity contribution in [1.29, 1.82) is 0 Å². The quantitative estimate of drug-likeness (QED) is 0.618. The van der Waals surface area contributed by atoms with Gasteiger partial charge < -0.3 is 10.1 Å². The number of hydrogen-bond donors (Lipinski definition) is 1. The smallest absolute Gasteiger partial charge is 0.354 e. The van der Waals surface area contributed by atoms with Crippen LogP contribution in [-0.4, -0.2) is 23.4 Å². The fourth-order valence-corrected chi connectivity index (χ4v) is 3.01. The Kier molecular flexibility index (Phi) is 3.34. The third-order valence-electron chi connectivity index (χ3n) is 3.05. The first-order valence-electron chi connectivity index (χ1n) is 5.50. The van der Waals surface area contributed by atoms with Gasteiger partial charge in [-0.1, -0.05) is 15.9 Å². The molecule has 3 nitrogen and oxygen atoms in total. The van der Waals surface area contributed by atoms with Gasteiger partial charge in [-0.2, -0.15) is 0 Å². The van der Waals surface area contributed by atoms with Gasteiger partial charge in [0.05, 0.1) is 6.61 Å². The molecule has 0 aromatic rings. The summed E-state index contributed by atoms with van der Waals surface area (Å²) in [6, 6.07) is 0.443. The van der Waals surface area contributed by atoms with Crippen LogP contribution in [0.3, 0.4) is 0 Å². The van der Waals surface area contributed by atoms with E-state index in [0.717, 1.165) is 12.8 Å². The largest absolute Gasteiger partial charge is 0.461 e. The summed E-state index contributed by atoms with van der Waals surface area (Å²) in [7, 11) is 0. The molecule has 1 aliphatic carbocycles. The zero-order valence-corrected chi connectivity index (χ0v) is 10.4. The zero-order chi connectivity index (χ0) is 10.8. The van der Waals surface area contributed by atoms with E-state index in [4.69, 9.17) is 4.74 Å². The van der Waals surface area contributed by atoms with Crippen molar-refractivity contribution in [3.05, 3.63) is 11.8 Å². The molecule has 1 saturated carbocycles. The van der Waals surface area contributed by atoms with Crippen LogP contribution < -0.4 is 5.32 Å². The molecule has 3 atom stereocenters. The Labute approximate surface area is 98.4 Å². The van der Waals surface area contributed by atoms with Crippen LogP contribution in [-0.2, 0) is 9.53 Å². The van der Waals surface area contributed by atoms with Crippen molar-refractivity contribution in [2.75, 3.05) is 6.61 Å². The highest BCUT2D eigenvalue weighted by atomic mass is 79.9. The molecule has 1 N–H and O–H groups in total. The van der Waals surface area contributed by atoms with Crippen molar-refractivity contribution >= 4 is 21.9 Å². The predicted molar refractivity (Wildman–Crippen MR) is 61.7 cm³/mol. The Balaban J connectivity index is 1.99. The summed E-state index contributed by atoms with van der Waals surface area (Å²) in [4.78, 5) is 12.1. The summed E-state index contributed by atoms with van der Waals surface area (Å²) in [6.07, 6.45) is 5.45. The molecule has 0 amide bonds. The van der Waals surface area contributed by atoms with Gasteiger partial charge in [-0.15, -0.1) is 0 Å². The van der Waals surface area contributed by atoms with Crippen molar-refractivity contribution < 1.29 is 9.53 Å². The number of ether oxygens (including phenoxy) is 1. The number of nitrogens with one attached hydrogen (secondary N) is 1. The van der Waals surface area contributed by atoms with Gasteiger partial charge in [0.1, 0.15) is 5.70 Å². The van der Waals surface area contributed by atoms with E-state index in [1.54, 1.807) is 0 Å². The minimum atomic E-state index is -0.210. The Morgan fingerprint density at radius 3 is 3.20 bits per heavy atom. The number of esters is 1. The molecule has 2 aliphatic rings. The van der Waals surface area contributed by atoms with E-state index in [2.05, 4.69) is 21.2 Å². The summed E-state index contributed by atoms with van der Waals surface area (Å²) >= 11 is 3.64. The van der Waals surface area contributed by atoms with Crippen molar-refractivity contribution in [2.45, 2.75) is 37.1 Å². The van der Waals surface area contributed by atoms with Gasteiger partial charge in [-0.05, 0) is 32.3 Å². The van der Waals surface area contributed by atoms with Gasteiger partial charge in [0.15, 0.2) is 0 Å². The van der Waals surface area contributed by atoms with E-state index >= 15 is 0 Å². The number of halogens is 1. The second-order valence-electron chi connectivity index (χ2n) is 4.13. The molecule has 0 radical (unpaired) electrons. The Morgan fingerprint density at radius 2 is 2.47 bits per heavy atom. The molecule has 0 aromatic heterocycles. The lowest BCUT2D eigenvalue weighted by molar-refractivity contribution is -0.138. The standard InChI is InChI=1S/C11H16BrNO2/c1-2-15-11(14)10-6-7-5-8(12)3-4-9(7)13-10/h6-9,13H,2-5H2,1H3. The lowest BCUT2D eigenvalue weighted by Crippen LogP contribution is -2.35. The molecule has 0 aromatic carbocycles. The number of carbonyl (C=O) groups is 1. The maximum absolute atomic E-state index is 11.5. The minimum Gasteiger partial charge on any atom is -0.461 e. The number of carbonyl (C=O) groups excluding carboxylic acids is 1. The Hall–Kier alpha value is -0.510. The van der Waals surface area contributed by atoms with E-state index in [0.29, 0.717) is 29.1 Å². The van der Waals surface area contributed by atoms with Crippen LogP contribution in [0.4, 0.5) is 0 Å². The van der Waals surface area contributed by atoms with E-state index < -0.39 is 0 Å². The summed E-state index contributed by atoms with van der Waals surface area (Å²) in [5.74, 6) is 0.278. The molecular formula is C11H16BrNO2.